The summed E-state index contributed by atoms with van der Waals surface area (Å²) in [6.07, 6.45) is 1.69. The predicted octanol–water partition coefficient (Wildman–Crippen LogP) is 2.50. The SMILES string of the molecule is COC(C(=O)Cc1ccc(F)c(F)c1)C1CC1. The zero-order valence-corrected chi connectivity index (χ0v) is 9.58. The molecule has 1 fully saturated rings. The second-order valence-electron chi connectivity index (χ2n) is 4.39. The van der Waals surface area contributed by atoms with Crippen LogP contribution in [0.4, 0.5) is 8.78 Å². The highest BCUT2D eigenvalue weighted by Crippen LogP contribution is 2.34. The molecule has 0 saturated heterocycles. The Balaban J connectivity index is 2.04. The third-order valence-electron chi connectivity index (χ3n) is 2.98. The highest BCUT2D eigenvalue weighted by Gasteiger charge is 2.35. The topological polar surface area (TPSA) is 26.3 Å². The molecule has 1 aliphatic rings. The number of methoxy groups -OCH3 is 1. The van der Waals surface area contributed by atoms with Crippen LogP contribution in [-0.4, -0.2) is 19.0 Å². The lowest BCUT2D eigenvalue weighted by Gasteiger charge is -2.12. The van der Waals surface area contributed by atoms with Gasteiger partial charge in [0.25, 0.3) is 0 Å². The Hall–Kier alpha value is -1.29. The van der Waals surface area contributed by atoms with E-state index in [2.05, 4.69) is 0 Å². The Morgan fingerprint density at radius 1 is 1.41 bits per heavy atom. The zero-order chi connectivity index (χ0) is 12.4. The summed E-state index contributed by atoms with van der Waals surface area (Å²) in [6.45, 7) is 0. The molecule has 1 unspecified atom stereocenters. The van der Waals surface area contributed by atoms with E-state index in [1.54, 1.807) is 0 Å². The zero-order valence-electron chi connectivity index (χ0n) is 9.58. The molecule has 0 amide bonds. The molecule has 1 atom stereocenters. The molecule has 2 nitrogen and oxygen atoms in total. The summed E-state index contributed by atoms with van der Waals surface area (Å²) in [4.78, 5) is 11.9. The number of carbonyl (C=O) groups excluding carboxylic acids is 1. The molecule has 1 saturated carbocycles. The Bertz CT molecular complexity index is 427. The number of hydrogen-bond donors (Lipinski definition) is 0. The van der Waals surface area contributed by atoms with E-state index in [4.69, 9.17) is 4.74 Å². The smallest absolute Gasteiger partial charge is 0.166 e. The lowest BCUT2D eigenvalue weighted by Crippen LogP contribution is -2.26. The van der Waals surface area contributed by atoms with Crippen LogP contribution in [0.25, 0.3) is 0 Å². The fraction of sp³-hybridized carbons (Fsp3) is 0.462. The molecule has 1 aliphatic carbocycles. The molecule has 4 heteroatoms. The monoisotopic (exact) mass is 240 g/mol. The number of Topliss-reactive ketones (excluding diaryl/α,β-unsaturated/α-hetero) is 1. The third-order valence-corrected chi connectivity index (χ3v) is 2.98. The van der Waals surface area contributed by atoms with Crippen LogP contribution in [0.15, 0.2) is 18.2 Å². The first-order chi connectivity index (χ1) is 8.11. The van der Waals surface area contributed by atoms with Gasteiger partial charge in [-0.05, 0) is 36.5 Å². The van der Waals surface area contributed by atoms with Gasteiger partial charge in [0, 0.05) is 13.5 Å². The van der Waals surface area contributed by atoms with Crippen LogP contribution in [0.3, 0.4) is 0 Å². The van der Waals surface area contributed by atoms with Gasteiger partial charge in [-0.1, -0.05) is 6.07 Å². The molecule has 1 aromatic rings. The largest absolute Gasteiger partial charge is 0.373 e. The van der Waals surface area contributed by atoms with Crippen molar-refractivity contribution in [2.75, 3.05) is 7.11 Å². The Labute approximate surface area is 98.6 Å². The fourth-order valence-electron chi connectivity index (χ4n) is 1.94. The first kappa shape index (κ1) is 12.2. The minimum absolute atomic E-state index is 0.0685. The van der Waals surface area contributed by atoms with Gasteiger partial charge in [-0.25, -0.2) is 8.78 Å². The molecule has 92 valence electrons. The van der Waals surface area contributed by atoms with Gasteiger partial charge in [0.1, 0.15) is 6.10 Å². The lowest BCUT2D eigenvalue weighted by molar-refractivity contribution is -0.129. The van der Waals surface area contributed by atoms with Crippen LogP contribution >= 0.6 is 0 Å². The summed E-state index contributed by atoms with van der Waals surface area (Å²) >= 11 is 0. The van der Waals surface area contributed by atoms with E-state index in [-0.39, 0.29) is 12.2 Å². The average Bonchev–Trinajstić information content (AvgIpc) is 3.09. The Morgan fingerprint density at radius 2 is 2.12 bits per heavy atom. The van der Waals surface area contributed by atoms with Crippen molar-refractivity contribution in [1.82, 2.24) is 0 Å². The van der Waals surface area contributed by atoms with Gasteiger partial charge in [0.15, 0.2) is 17.4 Å². The van der Waals surface area contributed by atoms with E-state index < -0.39 is 17.7 Å². The average molecular weight is 240 g/mol. The molecule has 0 heterocycles. The van der Waals surface area contributed by atoms with E-state index in [0.717, 1.165) is 25.0 Å². The molecular formula is C13H14F2O2. The molecule has 0 aliphatic heterocycles. The van der Waals surface area contributed by atoms with E-state index in [1.807, 2.05) is 0 Å². The summed E-state index contributed by atoms with van der Waals surface area (Å²) in [5, 5.41) is 0. The van der Waals surface area contributed by atoms with Crippen molar-refractivity contribution in [1.29, 1.82) is 0 Å². The molecule has 0 aromatic heterocycles. The van der Waals surface area contributed by atoms with Gasteiger partial charge >= 0.3 is 0 Å². The van der Waals surface area contributed by atoms with Crippen molar-refractivity contribution in [3.05, 3.63) is 35.4 Å². The van der Waals surface area contributed by atoms with E-state index in [1.165, 1.54) is 13.2 Å². The lowest BCUT2D eigenvalue weighted by atomic mass is 10.0. The van der Waals surface area contributed by atoms with Gasteiger partial charge in [0.2, 0.25) is 0 Å². The van der Waals surface area contributed by atoms with Crippen LogP contribution in [0, 0.1) is 17.6 Å². The minimum atomic E-state index is -0.921. The van der Waals surface area contributed by atoms with Gasteiger partial charge in [-0.3, -0.25) is 4.79 Å². The van der Waals surface area contributed by atoms with Crippen LogP contribution in [0.1, 0.15) is 18.4 Å². The van der Waals surface area contributed by atoms with Crippen molar-refractivity contribution < 1.29 is 18.3 Å². The van der Waals surface area contributed by atoms with Gasteiger partial charge in [0.05, 0.1) is 0 Å². The van der Waals surface area contributed by atoms with Crippen molar-refractivity contribution in [3.8, 4) is 0 Å². The van der Waals surface area contributed by atoms with Crippen molar-refractivity contribution in [2.24, 2.45) is 5.92 Å². The molecule has 0 radical (unpaired) electrons. The summed E-state index contributed by atoms with van der Waals surface area (Å²) in [7, 11) is 1.51. The second kappa shape index (κ2) is 4.92. The molecular weight excluding hydrogens is 226 g/mol. The number of ketones is 1. The predicted molar refractivity (Wildman–Crippen MR) is 58.6 cm³/mol. The standard InChI is InChI=1S/C13H14F2O2/c1-17-13(9-3-4-9)12(16)7-8-2-5-10(14)11(15)6-8/h2,5-6,9,13H,3-4,7H2,1H3. The molecule has 1 aromatic carbocycles. The first-order valence-corrected chi connectivity index (χ1v) is 5.61. The minimum Gasteiger partial charge on any atom is -0.373 e. The highest BCUT2D eigenvalue weighted by molar-refractivity contribution is 5.85. The molecule has 0 bridgehead atoms. The summed E-state index contributed by atoms with van der Waals surface area (Å²) < 4.78 is 30.8. The van der Waals surface area contributed by atoms with Crippen molar-refractivity contribution in [3.63, 3.8) is 0 Å². The second-order valence-corrected chi connectivity index (χ2v) is 4.39. The maximum atomic E-state index is 13.0. The van der Waals surface area contributed by atoms with Crippen LogP contribution in [0.5, 0.6) is 0 Å². The number of ether oxygens (including phenoxy) is 1. The molecule has 2 rings (SSSR count). The quantitative estimate of drug-likeness (QED) is 0.790. The van der Waals surface area contributed by atoms with Gasteiger partial charge < -0.3 is 4.74 Å². The van der Waals surface area contributed by atoms with Crippen LogP contribution < -0.4 is 0 Å². The van der Waals surface area contributed by atoms with E-state index in [9.17, 15) is 13.6 Å². The normalized spacial score (nSPS) is 16.9. The van der Waals surface area contributed by atoms with Crippen LogP contribution in [0.2, 0.25) is 0 Å². The number of hydrogen-bond acceptors (Lipinski definition) is 2. The maximum Gasteiger partial charge on any atom is 0.166 e. The molecule has 0 spiro atoms. The fourth-order valence-corrected chi connectivity index (χ4v) is 1.94. The number of rotatable bonds is 5. The third kappa shape index (κ3) is 2.88. The van der Waals surface area contributed by atoms with E-state index in [0.29, 0.717) is 11.5 Å². The number of halogens is 2. The van der Waals surface area contributed by atoms with Crippen molar-refractivity contribution >= 4 is 5.78 Å². The number of benzene rings is 1. The molecule has 0 N–H and O–H groups in total. The summed E-state index contributed by atoms with van der Waals surface area (Å²) in [5.41, 5.74) is 0.483. The summed E-state index contributed by atoms with van der Waals surface area (Å²) in [6, 6.07) is 3.53. The van der Waals surface area contributed by atoms with Gasteiger partial charge in [-0.15, -0.1) is 0 Å². The Morgan fingerprint density at radius 3 is 2.65 bits per heavy atom. The number of carbonyl (C=O) groups is 1. The van der Waals surface area contributed by atoms with Crippen LogP contribution in [-0.2, 0) is 16.0 Å². The maximum absolute atomic E-state index is 13.0. The van der Waals surface area contributed by atoms with Gasteiger partial charge in [-0.2, -0.15) is 0 Å². The highest BCUT2D eigenvalue weighted by atomic mass is 19.2. The summed E-state index contributed by atoms with van der Waals surface area (Å²) in [5.74, 6) is -1.58. The van der Waals surface area contributed by atoms with E-state index >= 15 is 0 Å². The first-order valence-electron chi connectivity index (χ1n) is 5.61. The molecule has 17 heavy (non-hydrogen) atoms. The van der Waals surface area contributed by atoms with Crippen molar-refractivity contribution in [2.45, 2.75) is 25.4 Å². The Kier molecular flexibility index (Phi) is 3.52.